The van der Waals surface area contributed by atoms with Crippen LogP contribution in [0.4, 0.5) is 0 Å². The van der Waals surface area contributed by atoms with E-state index in [9.17, 15) is 8.42 Å². The van der Waals surface area contributed by atoms with Crippen LogP contribution in [0.25, 0.3) is 0 Å². The number of fused-ring (bicyclic) bond motifs is 1. The first kappa shape index (κ1) is 17.8. The first-order valence-corrected chi connectivity index (χ1v) is 10.3. The average molecular weight is 357 g/mol. The van der Waals surface area contributed by atoms with Crippen LogP contribution in [0.1, 0.15) is 44.2 Å². The maximum absolute atomic E-state index is 12.2. The summed E-state index contributed by atoms with van der Waals surface area (Å²) in [6.07, 6.45) is 3.94. The lowest BCUT2D eigenvalue weighted by molar-refractivity contribution is 0.0141. The van der Waals surface area contributed by atoms with E-state index in [1.165, 1.54) is 0 Å². The van der Waals surface area contributed by atoms with E-state index < -0.39 is 10.0 Å². The largest absolute Gasteiger partial charge is 0.381 e. The van der Waals surface area contributed by atoms with Crippen molar-refractivity contribution in [1.29, 1.82) is 0 Å². The maximum Gasteiger partial charge on any atom is 0.214 e. The van der Waals surface area contributed by atoms with Crippen molar-refractivity contribution in [3.8, 4) is 0 Å². The van der Waals surface area contributed by atoms with Gasteiger partial charge in [-0.3, -0.25) is 0 Å². The highest BCUT2D eigenvalue weighted by Gasteiger charge is 2.33. The van der Waals surface area contributed by atoms with Gasteiger partial charge < -0.3 is 14.0 Å². The van der Waals surface area contributed by atoms with Crippen LogP contribution in [-0.2, 0) is 32.6 Å². The van der Waals surface area contributed by atoms with Crippen molar-refractivity contribution in [3.63, 3.8) is 0 Å². The molecule has 1 atom stereocenters. The number of ether oxygens (including phenoxy) is 2. The zero-order chi connectivity index (χ0) is 17.2. The topological polar surface area (TPSA) is 73.7 Å². The third-order valence-corrected chi connectivity index (χ3v) is 6.93. The van der Waals surface area contributed by atoms with Crippen LogP contribution < -0.4 is 0 Å². The van der Waals surface area contributed by atoms with Gasteiger partial charge in [-0.2, -0.15) is 4.31 Å². The third kappa shape index (κ3) is 3.66. The lowest BCUT2D eigenvalue weighted by atomic mass is 10.0. The lowest BCUT2D eigenvalue weighted by Gasteiger charge is -2.33. The summed E-state index contributed by atoms with van der Waals surface area (Å²) in [5, 5.41) is 0. The van der Waals surface area contributed by atoms with Gasteiger partial charge in [0.1, 0.15) is 5.82 Å². The Bertz CT molecular complexity index is 652. The summed E-state index contributed by atoms with van der Waals surface area (Å²) >= 11 is 0. The minimum atomic E-state index is -3.20. The fourth-order valence-corrected chi connectivity index (χ4v) is 4.71. The van der Waals surface area contributed by atoms with Gasteiger partial charge in [0.25, 0.3) is 0 Å². The van der Waals surface area contributed by atoms with Gasteiger partial charge in [-0.25, -0.2) is 13.4 Å². The van der Waals surface area contributed by atoms with Crippen molar-refractivity contribution in [3.05, 3.63) is 17.7 Å². The molecule has 0 unspecified atom stereocenters. The number of hydrogen-bond donors (Lipinski definition) is 0. The summed E-state index contributed by atoms with van der Waals surface area (Å²) < 4.78 is 39.3. The van der Waals surface area contributed by atoms with Crippen LogP contribution in [0.5, 0.6) is 0 Å². The first-order valence-electron chi connectivity index (χ1n) is 8.72. The SMILES string of the molecule is CCS(=O)(=O)N1CCn2c(COCC3CCOCC3)cnc2[C@@H]1C. The van der Waals surface area contributed by atoms with Crippen molar-refractivity contribution in [2.24, 2.45) is 5.92 Å². The molecule has 2 aliphatic rings. The highest BCUT2D eigenvalue weighted by Crippen LogP contribution is 2.28. The normalized spacial score (nSPS) is 23.3. The van der Waals surface area contributed by atoms with Crippen LogP contribution in [0, 0.1) is 5.92 Å². The summed E-state index contributed by atoms with van der Waals surface area (Å²) in [6.45, 7) is 7.64. The Balaban J connectivity index is 1.62. The second-order valence-corrected chi connectivity index (χ2v) is 8.73. The van der Waals surface area contributed by atoms with Gasteiger partial charge in [0.15, 0.2) is 0 Å². The summed E-state index contributed by atoms with van der Waals surface area (Å²) in [6, 6.07) is -0.229. The quantitative estimate of drug-likeness (QED) is 0.772. The lowest BCUT2D eigenvalue weighted by Crippen LogP contribution is -2.42. The van der Waals surface area contributed by atoms with Crippen LogP contribution in [0.2, 0.25) is 0 Å². The molecule has 0 radical (unpaired) electrons. The van der Waals surface area contributed by atoms with Gasteiger partial charge in [-0.1, -0.05) is 0 Å². The Hall–Kier alpha value is -0.960. The monoisotopic (exact) mass is 357 g/mol. The molecule has 1 fully saturated rings. The van der Waals surface area contributed by atoms with Crippen molar-refractivity contribution in [2.75, 3.05) is 32.1 Å². The Kier molecular flexibility index (Phi) is 5.59. The predicted octanol–water partition coefficient (Wildman–Crippen LogP) is 1.55. The Morgan fingerprint density at radius 1 is 1.33 bits per heavy atom. The molecule has 0 amide bonds. The zero-order valence-electron chi connectivity index (χ0n) is 14.5. The molecule has 1 aromatic heterocycles. The second kappa shape index (κ2) is 7.51. The summed E-state index contributed by atoms with van der Waals surface area (Å²) in [5.41, 5.74) is 1.03. The van der Waals surface area contributed by atoms with E-state index in [4.69, 9.17) is 9.47 Å². The molecule has 1 saturated heterocycles. The van der Waals surface area contributed by atoms with E-state index in [1.807, 2.05) is 13.1 Å². The molecule has 1 aromatic rings. The highest BCUT2D eigenvalue weighted by atomic mass is 32.2. The Morgan fingerprint density at radius 2 is 2.08 bits per heavy atom. The molecule has 3 heterocycles. The smallest absolute Gasteiger partial charge is 0.214 e. The van der Waals surface area contributed by atoms with Gasteiger partial charge in [-0.15, -0.1) is 0 Å². The van der Waals surface area contributed by atoms with Gasteiger partial charge in [0, 0.05) is 26.3 Å². The molecule has 0 N–H and O–H groups in total. The molecule has 24 heavy (non-hydrogen) atoms. The zero-order valence-corrected chi connectivity index (χ0v) is 15.3. The van der Waals surface area contributed by atoms with Gasteiger partial charge >= 0.3 is 0 Å². The molecule has 3 rings (SSSR count). The highest BCUT2D eigenvalue weighted by molar-refractivity contribution is 7.89. The molecule has 0 spiro atoms. The second-order valence-electron chi connectivity index (χ2n) is 6.52. The fraction of sp³-hybridized carbons (Fsp3) is 0.812. The van der Waals surface area contributed by atoms with Crippen molar-refractivity contribution >= 4 is 10.0 Å². The molecule has 0 aliphatic carbocycles. The number of aromatic nitrogens is 2. The Morgan fingerprint density at radius 3 is 2.79 bits per heavy atom. The molecule has 136 valence electrons. The number of hydrogen-bond acceptors (Lipinski definition) is 5. The predicted molar refractivity (Wildman–Crippen MR) is 90.0 cm³/mol. The molecule has 2 aliphatic heterocycles. The molecular formula is C16H27N3O4S. The van der Waals surface area contributed by atoms with E-state index in [0.717, 1.165) is 44.2 Å². The average Bonchev–Trinajstić information content (AvgIpc) is 3.00. The van der Waals surface area contributed by atoms with Gasteiger partial charge in [0.05, 0.1) is 36.9 Å². The van der Waals surface area contributed by atoms with Crippen molar-refractivity contribution < 1.29 is 17.9 Å². The van der Waals surface area contributed by atoms with Crippen molar-refractivity contribution in [2.45, 2.75) is 45.9 Å². The van der Waals surface area contributed by atoms with E-state index in [2.05, 4.69) is 9.55 Å². The van der Waals surface area contributed by atoms with Gasteiger partial charge in [0.2, 0.25) is 10.0 Å². The third-order valence-electron chi connectivity index (χ3n) is 4.99. The number of imidazole rings is 1. The summed E-state index contributed by atoms with van der Waals surface area (Å²) in [5.74, 6) is 1.51. The van der Waals surface area contributed by atoms with E-state index >= 15 is 0 Å². The first-order chi connectivity index (χ1) is 11.5. The number of nitrogens with zero attached hydrogens (tertiary/aromatic N) is 3. The molecule has 0 bridgehead atoms. The fourth-order valence-electron chi connectivity index (χ4n) is 3.44. The number of sulfonamides is 1. The van der Waals surface area contributed by atoms with E-state index in [0.29, 0.717) is 25.6 Å². The summed E-state index contributed by atoms with van der Waals surface area (Å²) in [4.78, 5) is 4.46. The van der Waals surface area contributed by atoms with Crippen molar-refractivity contribution in [1.82, 2.24) is 13.9 Å². The minimum absolute atomic E-state index is 0.124. The summed E-state index contributed by atoms with van der Waals surface area (Å²) in [7, 11) is -3.20. The van der Waals surface area contributed by atoms with Crippen LogP contribution in [0.15, 0.2) is 6.20 Å². The molecule has 7 nitrogen and oxygen atoms in total. The minimum Gasteiger partial charge on any atom is -0.381 e. The van der Waals surface area contributed by atoms with Gasteiger partial charge in [-0.05, 0) is 32.6 Å². The maximum atomic E-state index is 12.2. The standard InChI is InChI=1S/C16H27N3O4S/c1-3-24(20,21)19-7-6-18-15(10-17-16(18)13(19)2)12-23-11-14-4-8-22-9-5-14/h10,13-14H,3-9,11-12H2,1-2H3/t13-/m0/s1. The van der Waals surface area contributed by atoms with Crippen LogP contribution >= 0.6 is 0 Å². The van der Waals surface area contributed by atoms with E-state index in [-0.39, 0.29) is 11.8 Å². The van der Waals surface area contributed by atoms with Crippen LogP contribution in [-0.4, -0.2) is 54.4 Å². The molecular weight excluding hydrogens is 330 g/mol. The number of rotatable bonds is 6. The van der Waals surface area contributed by atoms with Crippen LogP contribution in [0.3, 0.4) is 0 Å². The molecule has 0 aromatic carbocycles. The molecule has 0 saturated carbocycles. The van der Waals surface area contributed by atoms with E-state index in [1.54, 1.807) is 11.2 Å². The Labute approximate surface area is 144 Å². The molecule has 8 heteroatoms.